The van der Waals surface area contributed by atoms with Crippen LogP contribution in [0.5, 0.6) is 0 Å². The average molecular weight is 308 g/mol. The highest BCUT2D eigenvalue weighted by atomic mass is 16.1. The van der Waals surface area contributed by atoms with Gasteiger partial charge >= 0.3 is 0 Å². The van der Waals surface area contributed by atoms with Crippen molar-refractivity contribution in [2.75, 3.05) is 0 Å². The molecule has 1 atom stereocenters. The van der Waals surface area contributed by atoms with Crippen molar-refractivity contribution in [2.24, 2.45) is 5.73 Å². The van der Waals surface area contributed by atoms with Gasteiger partial charge in [0.1, 0.15) is 0 Å². The molecule has 0 saturated heterocycles. The number of hydrogen-bond donors (Lipinski definition) is 2. The van der Waals surface area contributed by atoms with E-state index in [4.69, 9.17) is 5.73 Å². The summed E-state index contributed by atoms with van der Waals surface area (Å²) in [5.41, 5.74) is 10.1. The second kappa shape index (κ2) is 6.17. The lowest BCUT2D eigenvalue weighted by Gasteiger charge is -2.37. The Morgan fingerprint density at radius 1 is 1.22 bits per heavy atom. The van der Waals surface area contributed by atoms with Crippen LogP contribution in [0.1, 0.15) is 59.8 Å². The molecule has 0 bridgehead atoms. The van der Waals surface area contributed by atoms with E-state index >= 15 is 0 Å². The molecule has 1 unspecified atom stereocenters. The largest absolute Gasteiger partial charge is 0.366 e. The normalized spacial score (nSPS) is 19.1. The lowest BCUT2D eigenvalue weighted by Crippen LogP contribution is -2.32. The summed E-state index contributed by atoms with van der Waals surface area (Å²) in [6.07, 6.45) is 2.29. The highest BCUT2D eigenvalue weighted by molar-refractivity contribution is 5.92. The van der Waals surface area contributed by atoms with Crippen molar-refractivity contribution in [3.8, 4) is 0 Å². The van der Waals surface area contributed by atoms with E-state index in [9.17, 15) is 4.79 Å². The van der Waals surface area contributed by atoms with Gasteiger partial charge in [-0.3, -0.25) is 4.79 Å². The number of carbonyl (C=O) groups is 1. The summed E-state index contributed by atoms with van der Waals surface area (Å²) >= 11 is 0. The third-order valence-corrected chi connectivity index (χ3v) is 4.89. The van der Waals surface area contributed by atoms with Gasteiger partial charge in [-0.2, -0.15) is 0 Å². The Balaban J connectivity index is 1.77. The van der Waals surface area contributed by atoms with Crippen molar-refractivity contribution in [3.63, 3.8) is 0 Å². The summed E-state index contributed by atoms with van der Waals surface area (Å²) in [6.45, 7) is 5.37. The van der Waals surface area contributed by atoms with Crippen molar-refractivity contribution in [1.82, 2.24) is 5.32 Å². The highest BCUT2D eigenvalue weighted by Gasteiger charge is 2.31. The number of benzene rings is 2. The summed E-state index contributed by atoms with van der Waals surface area (Å²) in [4.78, 5) is 11.3. The van der Waals surface area contributed by atoms with Gasteiger partial charge in [-0.05, 0) is 47.1 Å². The highest BCUT2D eigenvalue weighted by Crippen LogP contribution is 2.41. The molecule has 0 heterocycles. The number of amides is 1. The fraction of sp³-hybridized carbons (Fsp3) is 0.350. The van der Waals surface area contributed by atoms with Crippen molar-refractivity contribution >= 4 is 5.91 Å². The van der Waals surface area contributed by atoms with E-state index in [-0.39, 0.29) is 11.3 Å². The number of nitrogens with two attached hydrogens (primary N) is 1. The molecular formula is C20H24N2O. The van der Waals surface area contributed by atoms with Crippen LogP contribution in [0.3, 0.4) is 0 Å². The molecule has 3 heteroatoms. The lowest BCUT2D eigenvalue weighted by molar-refractivity contribution is 0.1000. The summed E-state index contributed by atoms with van der Waals surface area (Å²) in [5.74, 6) is -0.378. The molecule has 3 nitrogen and oxygen atoms in total. The monoisotopic (exact) mass is 308 g/mol. The van der Waals surface area contributed by atoms with Gasteiger partial charge in [0.25, 0.3) is 0 Å². The Morgan fingerprint density at radius 2 is 2.00 bits per heavy atom. The van der Waals surface area contributed by atoms with Crippen molar-refractivity contribution in [2.45, 2.75) is 44.7 Å². The first-order chi connectivity index (χ1) is 11.0. The molecule has 2 aromatic carbocycles. The van der Waals surface area contributed by atoms with Gasteiger partial charge in [0, 0.05) is 18.2 Å². The van der Waals surface area contributed by atoms with Crippen LogP contribution >= 0.6 is 0 Å². The second-order valence-corrected chi connectivity index (χ2v) is 7.01. The van der Waals surface area contributed by atoms with Gasteiger partial charge in [0.15, 0.2) is 0 Å². The molecule has 0 radical (unpaired) electrons. The van der Waals surface area contributed by atoms with E-state index in [1.165, 1.54) is 17.5 Å². The van der Waals surface area contributed by atoms with Crippen molar-refractivity contribution < 1.29 is 4.79 Å². The number of hydrogen-bond acceptors (Lipinski definition) is 2. The molecule has 2 aromatic rings. The maximum Gasteiger partial charge on any atom is 0.248 e. The standard InChI is InChI=1S/C20H24N2O/c1-20(2)11-10-18(16-8-3-4-9-17(16)20)22-13-14-6-5-7-15(12-14)19(21)23/h3-9,12,18,22H,10-11,13H2,1-2H3,(H2,21,23). The first-order valence-electron chi connectivity index (χ1n) is 8.19. The minimum absolute atomic E-state index is 0.237. The van der Waals surface area contributed by atoms with Crippen LogP contribution < -0.4 is 11.1 Å². The molecule has 0 aliphatic heterocycles. The molecule has 1 amide bonds. The number of fused-ring (bicyclic) bond motifs is 1. The summed E-state index contributed by atoms with van der Waals surface area (Å²) in [5, 5.41) is 3.65. The number of rotatable bonds is 4. The van der Waals surface area contributed by atoms with E-state index in [0.717, 1.165) is 18.5 Å². The summed E-state index contributed by atoms with van der Waals surface area (Å²) in [6, 6.07) is 16.6. The van der Waals surface area contributed by atoms with E-state index < -0.39 is 0 Å². The number of nitrogens with one attached hydrogen (secondary N) is 1. The summed E-state index contributed by atoms with van der Waals surface area (Å²) in [7, 11) is 0. The fourth-order valence-corrected chi connectivity index (χ4v) is 3.50. The molecule has 0 aromatic heterocycles. The van der Waals surface area contributed by atoms with Gasteiger partial charge in [0.2, 0.25) is 5.91 Å². The Bertz CT molecular complexity index is 721. The molecule has 3 rings (SSSR count). The second-order valence-electron chi connectivity index (χ2n) is 7.01. The number of carbonyl (C=O) groups excluding carboxylic acids is 1. The third kappa shape index (κ3) is 3.30. The molecule has 0 fully saturated rings. The van der Waals surface area contributed by atoms with Crippen LogP contribution in [0.4, 0.5) is 0 Å². The maximum absolute atomic E-state index is 11.3. The lowest BCUT2D eigenvalue weighted by atomic mass is 9.71. The van der Waals surface area contributed by atoms with Crippen LogP contribution in [-0.2, 0) is 12.0 Å². The summed E-state index contributed by atoms with van der Waals surface area (Å²) < 4.78 is 0. The molecular weight excluding hydrogens is 284 g/mol. The number of primary amides is 1. The molecule has 1 aliphatic carbocycles. The zero-order valence-electron chi connectivity index (χ0n) is 13.8. The first kappa shape index (κ1) is 15.8. The Morgan fingerprint density at radius 3 is 2.78 bits per heavy atom. The Labute approximate surface area is 137 Å². The quantitative estimate of drug-likeness (QED) is 0.905. The molecule has 0 saturated carbocycles. The zero-order chi connectivity index (χ0) is 16.4. The molecule has 23 heavy (non-hydrogen) atoms. The van der Waals surface area contributed by atoms with Crippen LogP contribution in [0, 0.1) is 0 Å². The molecule has 1 aliphatic rings. The van der Waals surface area contributed by atoms with Crippen LogP contribution in [0.15, 0.2) is 48.5 Å². The van der Waals surface area contributed by atoms with E-state index in [1.807, 2.05) is 18.2 Å². The Hall–Kier alpha value is -2.13. The topological polar surface area (TPSA) is 55.1 Å². The SMILES string of the molecule is CC1(C)CCC(NCc2cccc(C(N)=O)c2)c2ccccc21. The average Bonchev–Trinajstić information content (AvgIpc) is 2.55. The van der Waals surface area contributed by atoms with Crippen LogP contribution in [0.25, 0.3) is 0 Å². The predicted molar refractivity (Wildman–Crippen MR) is 93.2 cm³/mol. The first-order valence-corrected chi connectivity index (χ1v) is 8.19. The van der Waals surface area contributed by atoms with Gasteiger partial charge < -0.3 is 11.1 Å². The van der Waals surface area contributed by atoms with Crippen LogP contribution in [-0.4, -0.2) is 5.91 Å². The van der Waals surface area contributed by atoms with E-state index in [0.29, 0.717) is 11.6 Å². The van der Waals surface area contributed by atoms with Gasteiger partial charge in [0.05, 0.1) is 0 Å². The molecule has 120 valence electrons. The zero-order valence-corrected chi connectivity index (χ0v) is 13.8. The maximum atomic E-state index is 11.3. The predicted octanol–water partition coefficient (Wildman–Crippen LogP) is 3.69. The Kier molecular flexibility index (Phi) is 4.22. The smallest absolute Gasteiger partial charge is 0.248 e. The van der Waals surface area contributed by atoms with E-state index in [2.05, 4.69) is 43.4 Å². The van der Waals surface area contributed by atoms with Gasteiger partial charge in [-0.25, -0.2) is 0 Å². The fourth-order valence-electron chi connectivity index (χ4n) is 3.50. The minimum atomic E-state index is -0.378. The molecule has 0 spiro atoms. The van der Waals surface area contributed by atoms with Crippen LogP contribution in [0.2, 0.25) is 0 Å². The molecule has 3 N–H and O–H groups in total. The van der Waals surface area contributed by atoms with E-state index in [1.54, 1.807) is 6.07 Å². The van der Waals surface area contributed by atoms with Gasteiger partial charge in [-0.15, -0.1) is 0 Å². The minimum Gasteiger partial charge on any atom is -0.366 e. The van der Waals surface area contributed by atoms with Crippen molar-refractivity contribution in [3.05, 3.63) is 70.8 Å². The van der Waals surface area contributed by atoms with Crippen molar-refractivity contribution in [1.29, 1.82) is 0 Å². The van der Waals surface area contributed by atoms with Gasteiger partial charge in [-0.1, -0.05) is 50.2 Å². The third-order valence-electron chi connectivity index (χ3n) is 4.89.